The largest absolute Gasteiger partial charge is 0.494 e. The fourth-order valence-corrected chi connectivity index (χ4v) is 6.43. The predicted octanol–water partition coefficient (Wildman–Crippen LogP) is 7.59. The number of amides is 2. The van der Waals surface area contributed by atoms with E-state index >= 15 is 0 Å². The van der Waals surface area contributed by atoms with Crippen LogP contribution in [0.15, 0.2) is 48.9 Å². The van der Waals surface area contributed by atoms with E-state index in [4.69, 9.17) is 14.2 Å². The number of rotatable bonds is 18. The van der Waals surface area contributed by atoms with E-state index in [1.807, 2.05) is 61.6 Å². The van der Waals surface area contributed by atoms with Crippen molar-refractivity contribution in [2.75, 3.05) is 52.2 Å². The summed E-state index contributed by atoms with van der Waals surface area (Å²) < 4.78 is 47.4. The number of hydrogen-bond donors (Lipinski definition) is 3. The van der Waals surface area contributed by atoms with Gasteiger partial charge in [0.25, 0.3) is 5.91 Å². The first-order valence-electron chi connectivity index (χ1n) is 19.4. The van der Waals surface area contributed by atoms with Crippen molar-refractivity contribution in [3.05, 3.63) is 71.7 Å². The van der Waals surface area contributed by atoms with Crippen LogP contribution in [0.25, 0.3) is 16.9 Å². The van der Waals surface area contributed by atoms with Gasteiger partial charge in [-0.25, -0.2) is 23.9 Å². The Labute approximate surface area is 334 Å². The van der Waals surface area contributed by atoms with Crippen molar-refractivity contribution in [2.24, 2.45) is 0 Å². The maximum absolute atomic E-state index is 14.9. The Kier molecular flexibility index (Phi) is 15.0. The lowest BCUT2D eigenvalue weighted by atomic mass is 10.0. The van der Waals surface area contributed by atoms with Gasteiger partial charge in [-0.3, -0.25) is 9.20 Å². The molecule has 13 nitrogen and oxygen atoms in total. The maximum Gasteiger partial charge on any atom is 0.407 e. The van der Waals surface area contributed by atoms with Crippen molar-refractivity contribution in [3.63, 3.8) is 0 Å². The standard InChI is InChI=1S/C42H57F2N7O6/c1-10-28-25-29(49-37-38-48-26-32(50(38)22-21-45-37)31-17-18-33(55-9)36(44)35(31)43)15-16-30(28)39(53)46-19-12-11-13-23-51(8,27-34(52)56-41(2,3)4)24-14-20-47-40(54)57-42(5,6)7/h15-18,21-22,25-26H,10-14,19-20,23-24,27H2,1-9H3,(H2-,45,46,47,49,53,54)/p+1. The number of likely N-dealkylation sites (N-methyl/N-ethyl adjacent to an activating group) is 1. The van der Waals surface area contributed by atoms with Gasteiger partial charge in [0.05, 0.1) is 39.1 Å². The van der Waals surface area contributed by atoms with Gasteiger partial charge in [-0.1, -0.05) is 6.92 Å². The highest BCUT2D eigenvalue weighted by molar-refractivity contribution is 5.96. The molecule has 2 amide bonds. The number of alkyl carbamates (subject to hydrolysis) is 1. The zero-order valence-electron chi connectivity index (χ0n) is 34.7. The number of imidazole rings is 1. The summed E-state index contributed by atoms with van der Waals surface area (Å²) in [5.74, 6) is -2.36. The molecule has 3 N–H and O–H groups in total. The average Bonchev–Trinajstić information content (AvgIpc) is 3.56. The smallest absolute Gasteiger partial charge is 0.407 e. The minimum atomic E-state index is -1.08. The molecule has 1 atom stereocenters. The molecule has 0 radical (unpaired) electrons. The molecule has 1 unspecified atom stereocenters. The Morgan fingerprint density at radius 1 is 0.860 bits per heavy atom. The number of aromatic nitrogens is 3. The number of anilines is 2. The van der Waals surface area contributed by atoms with Gasteiger partial charge in [0.2, 0.25) is 5.82 Å². The zero-order chi connectivity index (χ0) is 42.0. The molecule has 4 rings (SSSR count). The summed E-state index contributed by atoms with van der Waals surface area (Å²) >= 11 is 0. The fourth-order valence-electron chi connectivity index (χ4n) is 6.43. The third-order valence-electron chi connectivity index (χ3n) is 9.10. The number of nitrogens with one attached hydrogen (secondary N) is 3. The zero-order valence-corrected chi connectivity index (χ0v) is 34.7. The number of esters is 1. The topological polar surface area (TPSA) is 145 Å². The van der Waals surface area contributed by atoms with Crippen molar-refractivity contribution in [2.45, 2.75) is 91.8 Å². The monoisotopic (exact) mass is 794 g/mol. The molecule has 0 bridgehead atoms. The second-order valence-electron chi connectivity index (χ2n) is 16.3. The molecule has 57 heavy (non-hydrogen) atoms. The highest BCUT2D eigenvalue weighted by atomic mass is 19.2. The summed E-state index contributed by atoms with van der Waals surface area (Å²) in [5, 5.41) is 9.09. The minimum Gasteiger partial charge on any atom is -0.494 e. The lowest BCUT2D eigenvalue weighted by Gasteiger charge is -2.35. The molecule has 2 aromatic heterocycles. The molecule has 0 aliphatic rings. The van der Waals surface area contributed by atoms with Crippen LogP contribution in [-0.4, -0.2) is 94.9 Å². The molecule has 15 heteroatoms. The number of methoxy groups -OCH3 is 1. The van der Waals surface area contributed by atoms with Crippen LogP contribution in [0.1, 0.15) is 90.1 Å². The van der Waals surface area contributed by atoms with Crippen molar-refractivity contribution < 1.29 is 41.9 Å². The van der Waals surface area contributed by atoms with Gasteiger partial charge in [0.15, 0.2) is 29.6 Å². The van der Waals surface area contributed by atoms with Gasteiger partial charge < -0.3 is 34.6 Å². The van der Waals surface area contributed by atoms with E-state index in [2.05, 4.69) is 25.9 Å². The lowest BCUT2D eigenvalue weighted by molar-refractivity contribution is -0.903. The first-order valence-corrected chi connectivity index (χ1v) is 19.4. The molecule has 0 saturated heterocycles. The van der Waals surface area contributed by atoms with Crippen LogP contribution < -0.4 is 20.7 Å². The summed E-state index contributed by atoms with van der Waals surface area (Å²) in [6.45, 7) is 15.5. The number of halogens is 2. The number of unbranched alkanes of at least 4 members (excludes halogenated alkanes) is 2. The van der Waals surface area contributed by atoms with Crippen LogP contribution >= 0.6 is 0 Å². The van der Waals surface area contributed by atoms with Crippen LogP contribution in [0.4, 0.5) is 25.1 Å². The second kappa shape index (κ2) is 19.2. The molecule has 2 heterocycles. The summed E-state index contributed by atoms with van der Waals surface area (Å²) in [6.07, 6.45) is 7.84. The third-order valence-corrected chi connectivity index (χ3v) is 9.10. The predicted molar refractivity (Wildman–Crippen MR) is 216 cm³/mol. The normalized spacial score (nSPS) is 12.8. The summed E-state index contributed by atoms with van der Waals surface area (Å²) in [6, 6.07) is 8.24. The lowest BCUT2D eigenvalue weighted by Crippen LogP contribution is -2.51. The number of nitrogens with zero attached hydrogens (tertiary/aromatic N) is 4. The van der Waals surface area contributed by atoms with E-state index in [1.54, 1.807) is 22.7 Å². The number of hydrogen-bond acceptors (Lipinski definition) is 9. The highest BCUT2D eigenvalue weighted by Gasteiger charge is 2.29. The van der Waals surface area contributed by atoms with Crippen LogP contribution in [0.3, 0.4) is 0 Å². The summed E-state index contributed by atoms with van der Waals surface area (Å²) in [7, 11) is 3.30. The number of benzene rings is 2. The highest BCUT2D eigenvalue weighted by Crippen LogP contribution is 2.32. The van der Waals surface area contributed by atoms with Gasteiger partial charge in [0.1, 0.15) is 11.2 Å². The van der Waals surface area contributed by atoms with Crippen molar-refractivity contribution in [1.82, 2.24) is 25.0 Å². The van der Waals surface area contributed by atoms with Crippen LogP contribution in [0, 0.1) is 11.6 Å². The third kappa shape index (κ3) is 12.9. The van der Waals surface area contributed by atoms with Crippen LogP contribution in [0.5, 0.6) is 5.75 Å². The minimum absolute atomic E-state index is 0.0268. The van der Waals surface area contributed by atoms with E-state index in [0.29, 0.717) is 65.4 Å². The SMILES string of the molecule is CCc1cc(Nc2nccn3c(-c4ccc(OC)c(F)c4F)cnc23)ccc1C(=O)NCCCCC[N+](C)(CCCNC(=O)OC(C)(C)C)CC(=O)OC(C)(C)C. The number of carbonyl (C=O) groups excluding carboxylic acids is 3. The van der Waals surface area contributed by atoms with Gasteiger partial charge in [-0.05, 0) is 103 Å². The maximum atomic E-state index is 14.9. The average molecular weight is 795 g/mol. The van der Waals surface area contributed by atoms with Crippen molar-refractivity contribution >= 4 is 35.1 Å². The Morgan fingerprint density at radius 2 is 1.56 bits per heavy atom. The van der Waals surface area contributed by atoms with Gasteiger partial charge in [-0.15, -0.1) is 0 Å². The molecule has 310 valence electrons. The molecule has 2 aromatic carbocycles. The quantitative estimate of drug-likeness (QED) is 0.0527. The fraction of sp³-hybridized carbons (Fsp3) is 0.500. The first kappa shape index (κ1) is 44.4. The Hall–Kier alpha value is -5.31. The molecular weight excluding hydrogens is 737 g/mol. The first-order chi connectivity index (χ1) is 26.8. The van der Waals surface area contributed by atoms with Gasteiger partial charge >= 0.3 is 12.1 Å². The molecule has 0 saturated carbocycles. The van der Waals surface area contributed by atoms with E-state index in [1.165, 1.54) is 31.6 Å². The molecular formula is C42H58F2N7O6+. The Balaban J connectivity index is 1.32. The number of carbonyl (C=O) groups is 3. The van der Waals surface area contributed by atoms with E-state index in [-0.39, 0.29) is 29.7 Å². The van der Waals surface area contributed by atoms with Crippen LogP contribution in [-0.2, 0) is 20.7 Å². The summed E-state index contributed by atoms with van der Waals surface area (Å²) in [4.78, 5) is 47.0. The molecule has 0 fully saturated rings. The number of fused-ring (bicyclic) bond motifs is 1. The number of aryl methyl sites for hydroxylation is 1. The Bertz CT molecular complexity index is 2020. The van der Waals surface area contributed by atoms with Gasteiger partial charge in [0, 0.05) is 48.7 Å². The van der Waals surface area contributed by atoms with E-state index in [0.717, 1.165) is 31.4 Å². The van der Waals surface area contributed by atoms with Crippen molar-refractivity contribution in [1.29, 1.82) is 0 Å². The van der Waals surface area contributed by atoms with E-state index in [9.17, 15) is 23.2 Å². The number of quaternary nitrogens is 1. The van der Waals surface area contributed by atoms with E-state index < -0.39 is 28.9 Å². The molecule has 0 aliphatic heterocycles. The molecule has 0 aliphatic carbocycles. The molecule has 4 aromatic rings. The number of ether oxygens (including phenoxy) is 3. The molecule has 0 spiro atoms. The Morgan fingerprint density at radius 3 is 2.25 bits per heavy atom. The van der Waals surface area contributed by atoms with Crippen molar-refractivity contribution in [3.8, 4) is 17.0 Å². The summed E-state index contributed by atoms with van der Waals surface area (Å²) in [5.41, 5.74) is 1.69. The van der Waals surface area contributed by atoms with Crippen LogP contribution in [0.2, 0.25) is 0 Å². The van der Waals surface area contributed by atoms with Gasteiger partial charge in [-0.2, -0.15) is 4.39 Å². The second-order valence-corrected chi connectivity index (χ2v) is 16.3.